The van der Waals surface area contributed by atoms with Gasteiger partial charge in [-0.15, -0.1) is 0 Å². The van der Waals surface area contributed by atoms with Gasteiger partial charge in [0.1, 0.15) is 12.7 Å². The molecule has 0 fully saturated rings. The van der Waals surface area contributed by atoms with Crippen LogP contribution in [0.15, 0.2) is 59.1 Å². The average molecular weight is 492 g/mol. The van der Waals surface area contributed by atoms with Crippen LogP contribution in [0.25, 0.3) is 16.7 Å². The number of halogens is 1. The highest BCUT2D eigenvalue weighted by Crippen LogP contribution is 2.27. The number of thioether (sulfide) groups is 1. The number of hydrogen-bond acceptors (Lipinski definition) is 7. The third-order valence-electron chi connectivity index (χ3n) is 4.56. The lowest BCUT2D eigenvalue weighted by molar-refractivity contribution is -0.113. The van der Waals surface area contributed by atoms with Crippen LogP contribution in [0.3, 0.4) is 0 Å². The zero-order chi connectivity index (χ0) is 22.9. The minimum atomic E-state index is -3.83. The number of nitrogens with one attached hydrogen (secondary N) is 1. The maximum absolute atomic E-state index is 12.7. The molecule has 4 aromatic rings. The minimum Gasteiger partial charge on any atom is -0.323 e. The predicted molar refractivity (Wildman–Crippen MR) is 123 cm³/mol. The highest BCUT2D eigenvalue weighted by molar-refractivity contribution is 7.99. The van der Waals surface area contributed by atoms with Crippen LogP contribution in [-0.4, -0.2) is 44.4 Å². The maximum atomic E-state index is 12.7. The second kappa shape index (κ2) is 8.90. The molecule has 0 bridgehead atoms. The molecule has 2 aromatic heterocycles. The standard InChI is InChI=1S/C19H18ClN7O3S2/c1-2-26-16-6-4-13(32(21,29)30)8-15(16)25-19(26)31-9-18(28)24-14-7-12(20)3-5-17(14)27-11-22-10-23-27/h3-8,10-11H,2,9H2,1H3,(H,24,28)(H2,21,29,30). The summed E-state index contributed by atoms with van der Waals surface area (Å²) in [7, 11) is -3.83. The summed E-state index contributed by atoms with van der Waals surface area (Å²) in [6.45, 7) is 2.54. The van der Waals surface area contributed by atoms with Gasteiger partial charge in [0.05, 0.1) is 33.1 Å². The van der Waals surface area contributed by atoms with E-state index in [1.165, 1.54) is 41.2 Å². The minimum absolute atomic E-state index is 0.0124. The number of amides is 1. The number of aryl methyl sites for hydroxylation is 1. The molecule has 10 nitrogen and oxygen atoms in total. The summed E-state index contributed by atoms with van der Waals surface area (Å²) in [4.78, 5) is 21.1. The largest absolute Gasteiger partial charge is 0.323 e. The Morgan fingerprint density at radius 2 is 2.06 bits per heavy atom. The molecule has 1 amide bonds. The molecule has 0 unspecified atom stereocenters. The Morgan fingerprint density at radius 3 is 2.75 bits per heavy atom. The van der Waals surface area contributed by atoms with Crippen LogP contribution in [0.2, 0.25) is 5.02 Å². The van der Waals surface area contributed by atoms with Crippen LogP contribution in [0, 0.1) is 0 Å². The summed E-state index contributed by atoms with van der Waals surface area (Å²) in [6, 6.07) is 9.60. The molecule has 0 aliphatic rings. The molecule has 13 heteroatoms. The number of anilines is 1. The van der Waals surface area contributed by atoms with Gasteiger partial charge in [0, 0.05) is 11.6 Å². The number of hydrogen-bond donors (Lipinski definition) is 2. The fourth-order valence-electron chi connectivity index (χ4n) is 3.14. The monoisotopic (exact) mass is 491 g/mol. The first kappa shape index (κ1) is 22.3. The summed E-state index contributed by atoms with van der Waals surface area (Å²) in [5.41, 5.74) is 2.37. The first-order valence-corrected chi connectivity index (χ1v) is 12.3. The fourth-order valence-corrected chi connectivity index (χ4v) is 4.72. The third-order valence-corrected chi connectivity index (χ3v) is 6.68. The molecule has 0 atom stereocenters. The normalized spacial score (nSPS) is 11.7. The molecule has 2 heterocycles. The number of nitrogens with two attached hydrogens (primary N) is 1. The van der Waals surface area contributed by atoms with Crippen molar-refractivity contribution in [3.8, 4) is 5.69 Å². The zero-order valence-electron chi connectivity index (χ0n) is 16.8. The number of nitrogens with zero attached hydrogens (tertiary/aromatic N) is 5. The summed E-state index contributed by atoms with van der Waals surface area (Å²) in [5.74, 6) is -0.187. The maximum Gasteiger partial charge on any atom is 0.238 e. The summed E-state index contributed by atoms with van der Waals surface area (Å²) in [5, 5.41) is 13.2. The second-order valence-electron chi connectivity index (χ2n) is 6.67. The van der Waals surface area contributed by atoms with Gasteiger partial charge in [-0.3, -0.25) is 4.79 Å². The van der Waals surface area contributed by atoms with Gasteiger partial charge < -0.3 is 9.88 Å². The van der Waals surface area contributed by atoms with Crippen molar-refractivity contribution >= 4 is 56.0 Å². The smallest absolute Gasteiger partial charge is 0.238 e. The van der Waals surface area contributed by atoms with E-state index in [1.807, 2.05) is 11.5 Å². The SMILES string of the molecule is CCn1c(SCC(=O)Nc2cc(Cl)ccc2-n2cncn2)nc2cc(S(N)(=O)=O)ccc21. The Labute approximate surface area is 192 Å². The number of sulfonamides is 1. The molecule has 4 rings (SSSR count). The Hall–Kier alpha value is -2.93. The van der Waals surface area contributed by atoms with E-state index in [2.05, 4.69) is 20.4 Å². The lowest BCUT2D eigenvalue weighted by atomic mass is 10.2. The zero-order valence-corrected chi connectivity index (χ0v) is 19.2. The molecule has 32 heavy (non-hydrogen) atoms. The second-order valence-corrected chi connectivity index (χ2v) is 9.61. The third kappa shape index (κ3) is 4.63. The van der Waals surface area contributed by atoms with Crippen LogP contribution in [0.5, 0.6) is 0 Å². The van der Waals surface area contributed by atoms with E-state index in [0.29, 0.717) is 33.6 Å². The molecule has 0 spiro atoms. The van der Waals surface area contributed by atoms with Gasteiger partial charge in [-0.1, -0.05) is 23.4 Å². The van der Waals surface area contributed by atoms with Gasteiger partial charge in [-0.25, -0.2) is 28.2 Å². The predicted octanol–water partition coefficient (Wildman–Crippen LogP) is 2.67. The number of carbonyl (C=O) groups is 1. The van der Waals surface area contributed by atoms with Crippen LogP contribution in [0.1, 0.15) is 6.92 Å². The van der Waals surface area contributed by atoms with E-state index in [-0.39, 0.29) is 16.6 Å². The number of primary sulfonamides is 1. The van der Waals surface area contributed by atoms with Crippen molar-refractivity contribution in [2.24, 2.45) is 5.14 Å². The van der Waals surface area contributed by atoms with Crippen molar-refractivity contribution in [3.05, 3.63) is 54.1 Å². The number of fused-ring (bicyclic) bond motifs is 1. The van der Waals surface area contributed by atoms with Crippen LogP contribution < -0.4 is 10.5 Å². The van der Waals surface area contributed by atoms with Crippen LogP contribution in [0.4, 0.5) is 5.69 Å². The molecule has 0 aliphatic carbocycles. The summed E-state index contributed by atoms with van der Waals surface area (Å²) in [6.07, 6.45) is 2.92. The molecule has 0 radical (unpaired) electrons. The molecular formula is C19H18ClN7O3S2. The van der Waals surface area contributed by atoms with Crippen molar-refractivity contribution in [1.29, 1.82) is 0 Å². The summed E-state index contributed by atoms with van der Waals surface area (Å²) >= 11 is 7.33. The topological polar surface area (TPSA) is 138 Å². The van der Waals surface area contributed by atoms with E-state index in [4.69, 9.17) is 16.7 Å². The van der Waals surface area contributed by atoms with Crippen molar-refractivity contribution in [2.45, 2.75) is 23.5 Å². The van der Waals surface area contributed by atoms with Gasteiger partial charge in [-0.2, -0.15) is 5.10 Å². The van der Waals surface area contributed by atoms with E-state index in [9.17, 15) is 13.2 Å². The molecule has 2 aromatic carbocycles. The Bertz CT molecular complexity index is 1400. The highest BCUT2D eigenvalue weighted by Gasteiger charge is 2.16. The lowest BCUT2D eigenvalue weighted by Crippen LogP contribution is -2.16. The molecule has 3 N–H and O–H groups in total. The van der Waals surface area contributed by atoms with Crippen LogP contribution >= 0.6 is 23.4 Å². The van der Waals surface area contributed by atoms with Gasteiger partial charge in [0.15, 0.2) is 5.16 Å². The number of rotatable bonds is 7. The van der Waals surface area contributed by atoms with E-state index in [0.717, 1.165) is 5.52 Å². The summed E-state index contributed by atoms with van der Waals surface area (Å²) < 4.78 is 26.7. The highest BCUT2D eigenvalue weighted by atomic mass is 35.5. The molecule has 0 aliphatic heterocycles. The van der Waals surface area contributed by atoms with Crippen molar-refractivity contribution in [2.75, 3.05) is 11.1 Å². The van der Waals surface area contributed by atoms with Gasteiger partial charge >= 0.3 is 0 Å². The van der Waals surface area contributed by atoms with E-state index < -0.39 is 10.0 Å². The first-order chi connectivity index (χ1) is 15.3. The quantitative estimate of drug-likeness (QED) is 0.379. The van der Waals surface area contributed by atoms with Gasteiger partial charge in [0.25, 0.3) is 0 Å². The van der Waals surface area contributed by atoms with Crippen LogP contribution in [-0.2, 0) is 21.4 Å². The van der Waals surface area contributed by atoms with Crippen molar-refractivity contribution in [1.82, 2.24) is 24.3 Å². The fraction of sp³-hybridized carbons (Fsp3) is 0.158. The Balaban J connectivity index is 1.54. The molecule has 166 valence electrons. The number of benzene rings is 2. The number of aromatic nitrogens is 5. The average Bonchev–Trinajstić information content (AvgIpc) is 3.38. The Kier molecular flexibility index (Phi) is 6.20. The van der Waals surface area contributed by atoms with Gasteiger partial charge in [0.2, 0.25) is 15.9 Å². The molecular weight excluding hydrogens is 474 g/mol. The van der Waals surface area contributed by atoms with Crippen molar-refractivity contribution in [3.63, 3.8) is 0 Å². The van der Waals surface area contributed by atoms with E-state index in [1.54, 1.807) is 24.3 Å². The Morgan fingerprint density at radius 1 is 1.25 bits per heavy atom. The van der Waals surface area contributed by atoms with Gasteiger partial charge in [-0.05, 0) is 43.3 Å². The lowest BCUT2D eigenvalue weighted by Gasteiger charge is -2.11. The molecule has 0 saturated carbocycles. The van der Waals surface area contributed by atoms with E-state index >= 15 is 0 Å². The molecule has 0 saturated heterocycles. The number of imidazole rings is 1. The number of carbonyl (C=O) groups excluding carboxylic acids is 1. The van der Waals surface area contributed by atoms with Crippen molar-refractivity contribution < 1.29 is 13.2 Å². The first-order valence-electron chi connectivity index (χ1n) is 9.36.